The van der Waals surface area contributed by atoms with E-state index in [4.69, 9.17) is 27.9 Å². The third kappa shape index (κ3) is 4.87. The molecule has 0 radical (unpaired) electrons. The molecule has 1 saturated carbocycles. The lowest BCUT2D eigenvalue weighted by molar-refractivity contribution is 0.474. The van der Waals surface area contributed by atoms with E-state index in [9.17, 15) is 0 Å². The zero-order valence-corrected chi connectivity index (χ0v) is 15.3. The number of halogens is 2. The summed E-state index contributed by atoms with van der Waals surface area (Å²) in [5.41, 5.74) is 2.45. The second-order valence-corrected chi connectivity index (χ2v) is 6.94. The van der Waals surface area contributed by atoms with Gasteiger partial charge in [-0.1, -0.05) is 35.3 Å². The highest BCUT2D eigenvalue weighted by molar-refractivity contribution is 6.42. The van der Waals surface area contributed by atoms with E-state index >= 15 is 0 Å². The van der Waals surface area contributed by atoms with E-state index in [1.165, 1.54) is 18.4 Å². The van der Waals surface area contributed by atoms with Gasteiger partial charge >= 0.3 is 0 Å². The zero-order valence-electron chi connectivity index (χ0n) is 13.7. The Balaban J connectivity index is 1.71. The van der Waals surface area contributed by atoms with Crippen LogP contribution in [0.3, 0.4) is 0 Å². The Morgan fingerprint density at radius 3 is 2.62 bits per heavy atom. The highest BCUT2D eigenvalue weighted by Crippen LogP contribution is 2.31. The summed E-state index contributed by atoms with van der Waals surface area (Å²) in [4.78, 5) is 0. The smallest absolute Gasteiger partial charge is 0.131 e. The van der Waals surface area contributed by atoms with Crippen molar-refractivity contribution in [3.8, 4) is 11.5 Å². The van der Waals surface area contributed by atoms with Crippen LogP contribution in [0, 0.1) is 0 Å². The van der Waals surface area contributed by atoms with Gasteiger partial charge in [0.2, 0.25) is 0 Å². The van der Waals surface area contributed by atoms with Gasteiger partial charge in [0.1, 0.15) is 11.5 Å². The summed E-state index contributed by atoms with van der Waals surface area (Å²) < 4.78 is 6.01. The predicted octanol–water partition coefficient (Wildman–Crippen LogP) is 4.80. The van der Waals surface area contributed by atoms with Crippen molar-refractivity contribution in [2.24, 2.45) is 0 Å². The molecule has 0 heterocycles. The Hall–Kier alpha value is -1.26. The maximum atomic E-state index is 6.06. The lowest BCUT2D eigenvalue weighted by atomic mass is 10.1. The normalized spacial score (nSPS) is 14.0. The predicted molar refractivity (Wildman–Crippen MR) is 100 cm³/mol. The molecular weight excluding hydrogens is 343 g/mol. The van der Waals surface area contributed by atoms with Crippen LogP contribution in [0.4, 0.5) is 0 Å². The molecule has 2 aromatic rings. The molecule has 0 atom stereocenters. The minimum Gasteiger partial charge on any atom is -0.457 e. The van der Waals surface area contributed by atoms with Crippen LogP contribution in [-0.2, 0) is 13.0 Å². The van der Waals surface area contributed by atoms with Gasteiger partial charge in [0, 0.05) is 24.2 Å². The Bertz CT molecular complexity index is 702. The standard InChI is InChI=1S/C19H22Cl2N2O/c1-22-12-14-10-13(8-9-23-15-3-4-15)2-7-19(14)24-16-5-6-17(20)18(21)11-16/h2,5-7,10-11,15,22-23H,3-4,8-9,12H2,1H3. The van der Waals surface area contributed by atoms with Crippen molar-refractivity contribution in [1.82, 2.24) is 10.6 Å². The molecule has 0 aromatic heterocycles. The molecule has 1 fully saturated rings. The third-order valence-electron chi connectivity index (χ3n) is 4.04. The van der Waals surface area contributed by atoms with Gasteiger partial charge in [0.15, 0.2) is 0 Å². The van der Waals surface area contributed by atoms with E-state index < -0.39 is 0 Å². The van der Waals surface area contributed by atoms with Crippen molar-refractivity contribution in [1.29, 1.82) is 0 Å². The SMILES string of the molecule is CNCc1cc(CCNC2CC2)ccc1Oc1ccc(Cl)c(Cl)c1. The Morgan fingerprint density at radius 2 is 1.92 bits per heavy atom. The number of ether oxygens (including phenoxy) is 1. The molecule has 0 saturated heterocycles. The van der Waals surface area contributed by atoms with Crippen LogP contribution in [0.15, 0.2) is 36.4 Å². The molecular formula is C19H22Cl2N2O. The molecule has 0 aliphatic heterocycles. The van der Waals surface area contributed by atoms with Crippen LogP contribution in [0.1, 0.15) is 24.0 Å². The molecule has 2 aromatic carbocycles. The lowest BCUT2D eigenvalue weighted by Gasteiger charge is -2.13. The van der Waals surface area contributed by atoms with E-state index in [1.807, 2.05) is 19.2 Å². The van der Waals surface area contributed by atoms with Gasteiger partial charge in [0.05, 0.1) is 10.0 Å². The second-order valence-electron chi connectivity index (χ2n) is 6.13. The summed E-state index contributed by atoms with van der Waals surface area (Å²) >= 11 is 12.0. The molecule has 0 amide bonds. The fourth-order valence-corrected chi connectivity index (χ4v) is 2.88. The largest absolute Gasteiger partial charge is 0.457 e. The van der Waals surface area contributed by atoms with Gasteiger partial charge in [-0.2, -0.15) is 0 Å². The van der Waals surface area contributed by atoms with Gasteiger partial charge in [-0.05, 0) is 56.6 Å². The van der Waals surface area contributed by atoms with Crippen LogP contribution in [0.5, 0.6) is 11.5 Å². The summed E-state index contributed by atoms with van der Waals surface area (Å²) in [5.74, 6) is 1.52. The minimum absolute atomic E-state index is 0.493. The third-order valence-corrected chi connectivity index (χ3v) is 4.77. The van der Waals surface area contributed by atoms with Crippen LogP contribution < -0.4 is 15.4 Å². The van der Waals surface area contributed by atoms with Crippen molar-refractivity contribution in [3.63, 3.8) is 0 Å². The molecule has 2 N–H and O–H groups in total. The summed E-state index contributed by atoms with van der Waals surface area (Å²) in [6, 6.07) is 12.4. The topological polar surface area (TPSA) is 33.3 Å². The average molecular weight is 365 g/mol. The monoisotopic (exact) mass is 364 g/mol. The fraction of sp³-hybridized carbons (Fsp3) is 0.368. The Labute approximate surface area is 153 Å². The summed E-state index contributed by atoms with van der Waals surface area (Å²) in [7, 11) is 1.93. The molecule has 0 bridgehead atoms. The number of nitrogens with one attached hydrogen (secondary N) is 2. The number of hydrogen-bond donors (Lipinski definition) is 2. The van der Waals surface area contributed by atoms with E-state index in [-0.39, 0.29) is 0 Å². The van der Waals surface area contributed by atoms with Gasteiger partial charge < -0.3 is 15.4 Å². The van der Waals surface area contributed by atoms with Gasteiger partial charge in [-0.3, -0.25) is 0 Å². The maximum Gasteiger partial charge on any atom is 0.131 e. The van der Waals surface area contributed by atoms with Crippen LogP contribution in [-0.4, -0.2) is 19.6 Å². The molecule has 24 heavy (non-hydrogen) atoms. The quantitative estimate of drug-likeness (QED) is 0.705. The van der Waals surface area contributed by atoms with Crippen molar-refractivity contribution in [2.75, 3.05) is 13.6 Å². The zero-order chi connectivity index (χ0) is 16.9. The molecule has 1 aliphatic carbocycles. The fourth-order valence-electron chi connectivity index (χ4n) is 2.59. The molecule has 0 spiro atoms. The molecule has 3 rings (SSSR count). The van der Waals surface area contributed by atoms with Crippen LogP contribution in [0.25, 0.3) is 0 Å². The van der Waals surface area contributed by atoms with Gasteiger partial charge in [0.25, 0.3) is 0 Å². The summed E-state index contributed by atoms with van der Waals surface area (Å²) in [5, 5.41) is 7.77. The second kappa shape index (κ2) is 8.21. The first-order valence-electron chi connectivity index (χ1n) is 8.28. The van der Waals surface area contributed by atoms with Crippen molar-refractivity contribution >= 4 is 23.2 Å². The Morgan fingerprint density at radius 1 is 1.08 bits per heavy atom. The van der Waals surface area contributed by atoms with Crippen molar-refractivity contribution < 1.29 is 4.74 Å². The molecule has 5 heteroatoms. The molecule has 3 nitrogen and oxygen atoms in total. The van der Waals surface area contributed by atoms with Crippen LogP contribution >= 0.6 is 23.2 Å². The van der Waals surface area contributed by atoms with Gasteiger partial charge in [-0.25, -0.2) is 0 Å². The van der Waals surface area contributed by atoms with Crippen LogP contribution in [0.2, 0.25) is 10.0 Å². The minimum atomic E-state index is 0.493. The van der Waals surface area contributed by atoms with E-state index in [0.717, 1.165) is 36.9 Å². The first-order valence-corrected chi connectivity index (χ1v) is 9.04. The highest BCUT2D eigenvalue weighted by atomic mass is 35.5. The van der Waals surface area contributed by atoms with E-state index in [1.54, 1.807) is 12.1 Å². The highest BCUT2D eigenvalue weighted by Gasteiger charge is 2.19. The number of hydrogen-bond acceptors (Lipinski definition) is 3. The first-order chi connectivity index (χ1) is 11.7. The first kappa shape index (κ1) is 17.6. The summed E-state index contributed by atoms with van der Waals surface area (Å²) in [6.07, 6.45) is 3.67. The average Bonchev–Trinajstić information content (AvgIpc) is 3.38. The maximum absolute atomic E-state index is 6.06. The number of benzene rings is 2. The van der Waals surface area contributed by atoms with Gasteiger partial charge in [-0.15, -0.1) is 0 Å². The van der Waals surface area contributed by atoms with Crippen molar-refractivity contribution in [2.45, 2.75) is 31.8 Å². The number of rotatable bonds is 8. The van der Waals surface area contributed by atoms with E-state index in [0.29, 0.717) is 15.8 Å². The molecule has 0 unspecified atom stereocenters. The molecule has 128 valence electrons. The lowest BCUT2D eigenvalue weighted by Crippen LogP contribution is -2.19. The molecule has 1 aliphatic rings. The van der Waals surface area contributed by atoms with Crippen molar-refractivity contribution in [3.05, 3.63) is 57.6 Å². The summed E-state index contributed by atoms with van der Waals surface area (Å²) in [6.45, 7) is 1.78. The Kier molecular flexibility index (Phi) is 6.01. The van der Waals surface area contributed by atoms with E-state index in [2.05, 4.69) is 22.8 Å².